The molecule has 2 aliphatic heterocycles. The van der Waals surface area contributed by atoms with E-state index in [9.17, 15) is 9.59 Å². The van der Waals surface area contributed by atoms with Gasteiger partial charge in [-0.1, -0.05) is 24.3 Å². The second kappa shape index (κ2) is 11.6. The van der Waals surface area contributed by atoms with Crippen LogP contribution in [0.15, 0.2) is 36.4 Å². The highest BCUT2D eigenvalue weighted by Crippen LogP contribution is 2.42. The van der Waals surface area contributed by atoms with Gasteiger partial charge in [0, 0.05) is 64.4 Å². The van der Waals surface area contributed by atoms with Crippen LogP contribution in [0.5, 0.6) is 17.2 Å². The molecule has 36 heavy (non-hydrogen) atoms. The monoisotopic (exact) mass is 496 g/mol. The van der Waals surface area contributed by atoms with Crippen LogP contribution >= 0.6 is 0 Å². The number of piperazine rings is 1. The number of ether oxygens (including phenoxy) is 3. The maximum Gasteiger partial charge on any atom is 0.227 e. The molecule has 2 heterocycles. The van der Waals surface area contributed by atoms with E-state index in [1.165, 1.54) is 26.9 Å². The van der Waals surface area contributed by atoms with E-state index in [0.717, 1.165) is 38.3 Å². The molecule has 2 saturated heterocycles. The van der Waals surface area contributed by atoms with E-state index in [0.29, 0.717) is 36.0 Å². The third-order valence-electron chi connectivity index (χ3n) is 6.92. The summed E-state index contributed by atoms with van der Waals surface area (Å²) in [6.45, 7) is 5.95. The third-order valence-corrected chi connectivity index (χ3v) is 6.92. The number of carbonyl (C=O) groups is 2. The van der Waals surface area contributed by atoms with Crippen LogP contribution < -0.4 is 24.4 Å². The largest absolute Gasteiger partial charge is 0.493 e. The summed E-state index contributed by atoms with van der Waals surface area (Å²) >= 11 is 0. The predicted octanol–water partition coefficient (Wildman–Crippen LogP) is 2.13. The number of nitrogens with one attached hydrogen (secondary N) is 1. The Morgan fingerprint density at radius 2 is 1.64 bits per heavy atom. The highest BCUT2D eigenvalue weighted by molar-refractivity contribution is 6.00. The molecule has 0 aromatic heterocycles. The number of hydrogen-bond donors (Lipinski definition) is 1. The number of anilines is 1. The minimum absolute atomic E-state index is 0.112. The molecule has 0 saturated carbocycles. The Hall–Kier alpha value is -3.30. The Kier molecular flexibility index (Phi) is 8.32. The van der Waals surface area contributed by atoms with Gasteiger partial charge in [-0.3, -0.25) is 14.5 Å². The lowest BCUT2D eigenvalue weighted by atomic mass is 10.1. The highest BCUT2D eigenvalue weighted by atomic mass is 16.5. The normalized spacial score (nSPS) is 18.8. The topological polar surface area (TPSA) is 83.6 Å². The quantitative estimate of drug-likeness (QED) is 0.570. The summed E-state index contributed by atoms with van der Waals surface area (Å²) in [6.07, 6.45) is 0.159. The minimum atomic E-state index is -0.426. The first-order chi connectivity index (χ1) is 17.4. The number of carbonyl (C=O) groups excluding carboxylic acids is 2. The van der Waals surface area contributed by atoms with Crippen molar-refractivity contribution in [2.24, 2.45) is 5.92 Å². The number of rotatable bonds is 9. The minimum Gasteiger partial charge on any atom is -0.493 e. The number of nitrogens with zero attached hydrogens (tertiary/aromatic N) is 3. The van der Waals surface area contributed by atoms with Gasteiger partial charge in [-0.15, -0.1) is 0 Å². The van der Waals surface area contributed by atoms with Gasteiger partial charge in [0.05, 0.1) is 32.9 Å². The van der Waals surface area contributed by atoms with Gasteiger partial charge in [0.2, 0.25) is 17.6 Å². The van der Waals surface area contributed by atoms with Gasteiger partial charge in [-0.2, -0.15) is 0 Å². The third kappa shape index (κ3) is 5.91. The molecule has 194 valence electrons. The number of benzene rings is 2. The molecule has 9 nitrogen and oxygen atoms in total. The van der Waals surface area contributed by atoms with Crippen molar-refractivity contribution in [2.75, 3.05) is 66.0 Å². The van der Waals surface area contributed by atoms with E-state index in [1.807, 2.05) is 12.1 Å². The molecule has 2 aliphatic rings. The molecule has 0 aliphatic carbocycles. The molecule has 2 aromatic carbocycles. The molecule has 1 unspecified atom stereocenters. The Morgan fingerprint density at radius 1 is 0.972 bits per heavy atom. The summed E-state index contributed by atoms with van der Waals surface area (Å²) in [7, 11) is 6.75. The van der Waals surface area contributed by atoms with Gasteiger partial charge in [0.25, 0.3) is 0 Å². The van der Waals surface area contributed by atoms with Gasteiger partial charge in [0.1, 0.15) is 0 Å². The summed E-state index contributed by atoms with van der Waals surface area (Å²) in [5.74, 6) is 0.721. The Labute approximate surface area is 212 Å². The molecule has 9 heteroatoms. The SMILES string of the molecule is COc1cc(N2CC(C(=O)NCc3cccc(CN4CCN(C)CC4)c3)CC2=O)cc(OC)c1OC. The van der Waals surface area contributed by atoms with Crippen LogP contribution in [0.3, 0.4) is 0 Å². The molecule has 2 fully saturated rings. The van der Waals surface area contributed by atoms with Crippen molar-refractivity contribution in [1.29, 1.82) is 0 Å². The molecular formula is C27H36N4O5. The summed E-state index contributed by atoms with van der Waals surface area (Å²) in [6, 6.07) is 11.8. The van der Waals surface area contributed by atoms with Crippen LogP contribution in [0.4, 0.5) is 5.69 Å². The fraction of sp³-hybridized carbons (Fsp3) is 0.481. The van der Waals surface area contributed by atoms with Gasteiger partial charge in [-0.05, 0) is 18.2 Å². The van der Waals surface area contributed by atoms with E-state index in [4.69, 9.17) is 14.2 Å². The van der Waals surface area contributed by atoms with Gasteiger partial charge in [-0.25, -0.2) is 0 Å². The summed E-state index contributed by atoms with van der Waals surface area (Å²) < 4.78 is 16.2. The lowest BCUT2D eigenvalue weighted by Crippen LogP contribution is -2.43. The van der Waals surface area contributed by atoms with E-state index in [1.54, 1.807) is 17.0 Å². The van der Waals surface area contributed by atoms with Crippen molar-refractivity contribution in [2.45, 2.75) is 19.5 Å². The highest BCUT2D eigenvalue weighted by Gasteiger charge is 2.36. The molecule has 4 rings (SSSR count). The second-order valence-electron chi connectivity index (χ2n) is 9.41. The van der Waals surface area contributed by atoms with Crippen molar-refractivity contribution in [1.82, 2.24) is 15.1 Å². The molecule has 0 radical (unpaired) electrons. The fourth-order valence-electron chi connectivity index (χ4n) is 4.79. The zero-order chi connectivity index (χ0) is 25.7. The van der Waals surface area contributed by atoms with E-state index < -0.39 is 5.92 Å². The summed E-state index contributed by atoms with van der Waals surface area (Å²) in [4.78, 5) is 32.2. The average Bonchev–Trinajstić information content (AvgIpc) is 3.29. The van der Waals surface area contributed by atoms with Crippen molar-refractivity contribution in [3.05, 3.63) is 47.5 Å². The lowest BCUT2D eigenvalue weighted by Gasteiger charge is -2.32. The van der Waals surface area contributed by atoms with Crippen LogP contribution in [0.1, 0.15) is 17.5 Å². The zero-order valence-electron chi connectivity index (χ0n) is 21.6. The Balaban J connectivity index is 1.36. The Bertz CT molecular complexity index is 1060. The molecule has 0 spiro atoms. The van der Waals surface area contributed by atoms with Crippen LogP contribution in [-0.4, -0.2) is 82.7 Å². The van der Waals surface area contributed by atoms with Crippen molar-refractivity contribution >= 4 is 17.5 Å². The first-order valence-electron chi connectivity index (χ1n) is 12.3. The number of likely N-dealkylation sites (N-methyl/N-ethyl adjacent to an activating group) is 1. The fourth-order valence-corrected chi connectivity index (χ4v) is 4.79. The zero-order valence-corrected chi connectivity index (χ0v) is 21.6. The average molecular weight is 497 g/mol. The van der Waals surface area contributed by atoms with Crippen LogP contribution in [0.2, 0.25) is 0 Å². The van der Waals surface area contributed by atoms with E-state index in [2.05, 4.69) is 34.3 Å². The van der Waals surface area contributed by atoms with Crippen LogP contribution in [0, 0.1) is 5.92 Å². The van der Waals surface area contributed by atoms with Crippen molar-refractivity contribution < 1.29 is 23.8 Å². The standard InChI is InChI=1S/C27H36N4O5/c1-29-8-10-30(11-9-29)17-20-7-5-6-19(12-20)16-28-27(33)21-13-25(32)31(18-21)22-14-23(34-2)26(36-4)24(15-22)35-3/h5-7,12,14-15,21H,8-11,13,16-18H2,1-4H3,(H,28,33). The first-order valence-corrected chi connectivity index (χ1v) is 12.3. The molecular weight excluding hydrogens is 460 g/mol. The number of amides is 2. The maximum atomic E-state index is 12.9. The maximum absolute atomic E-state index is 12.9. The van der Waals surface area contributed by atoms with Gasteiger partial charge in [0.15, 0.2) is 11.5 Å². The molecule has 2 aromatic rings. The van der Waals surface area contributed by atoms with E-state index in [-0.39, 0.29) is 18.2 Å². The van der Waals surface area contributed by atoms with Crippen molar-refractivity contribution in [3.8, 4) is 17.2 Å². The van der Waals surface area contributed by atoms with Crippen LogP contribution in [0.25, 0.3) is 0 Å². The number of hydrogen-bond acceptors (Lipinski definition) is 7. The Morgan fingerprint density at radius 3 is 2.28 bits per heavy atom. The predicted molar refractivity (Wildman–Crippen MR) is 138 cm³/mol. The molecule has 0 bridgehead atoms. The van der Waals surface area contributed by atoms with E-state index >= 15 is 0 Å². The summed E-state index contributed by atoms with van der Waals surface area (Å²) in [5.41, 5.74) is 2.91. The molecule has 1 atom stereocenters. The smallest absolute Gasteiger partial charge is 0.227 e. The molecule has 2 amide bonds. The van der Waals surface area contributed by atoms with Gasteiger partial charge >= 0.3 is 0 Å². The molecule has 1 N–H and O–H groups in total. The summed E-state index contributed by atoms with van der Waals surface area (Å²) in [5, 5.41) is 3.03. The van der Waals surface area contributed by atoms with Crippen LogP contribution in [-0.2, 0) is 22.7 Å². The second-order valence-corrected chi connectivity index (χ2v) is 9.41. The first kappa shape index (κ1) is 25.8. The van der Waals surface area contributed by atoms with Gasteiger partial charge < -0.3 is 29.3 Å². The lowest BCUT2D eigenvalue weighted by molar-refractivity contribution is -0.126. The van der Waals surface area contributed by atoms with Crippen molar-refractivity contribution in [3.63, 3.8) is 0 Å². The number of methoxy groups -OCH3 is 3.